The van der Waals surface area contributed by atoms with Gasteiger partial charge in [-0.3, -0.25) is 0 Å². The third-order valence-corrected chi connectivity index (χ3v) is 4.57. The summed E-state index contributed by atoms with van der Waals surface area (Å²) in [5, 5.41) is 8.84. The molecule has 0 aromatic heterocycles. The lowest BCUT2D eigenvalue weighted by molar-refractivity contribution is 0.0696. The van der Waals surface area contributed by atoms with E-state index in [4.69, 9.17) is 5.11 Å². The molecule has 19 heavy (non-hydrogen) atoms. The molecule has 0 aliphatic heterocycles. The van der Waals surface area contributed by atoms with Crippen LogP contribution in [0.3, 0.4) is 0 Å². The number of halogens is 1. The fraction of sp³-hybridized carbons (Fsp3) is 0.250. The molecule has 1 aromatic carbocycles. The number of carboxylic acid groups (broad SMARTS) is 1. The molecular weight excluding hydrogens is 273 g/mol. The van der Waals surface area contributed by atoms with Gasteiger partial charge in [0, 0.05) is 19.2 Å². The number of hydrogen-bond acceptors (Lipinski definition) is 3. The van der Waals surface area contributed by atoms with Crippen molar-refractivity contribution < 1.29 is 22.7 Å². The molecule has 0 aliphatic rings. The van der Waals surface area contributed by atoms with E-state index < -0.39 is 27.4 Å². The smallest absolute Gasteiger partial charge is 0.335 e. The lowest BCUT2D eigenvalue weighted by Crippen LogP contribution is -2.28. The molecule has 0 heterocycles. The second-order valence-corrected chi connectivity index (χ2v) is 5.97. The fourth-order valence-electron chi connectivity index (χ4n) is 1.49. The van der Waals surface area contributed by atoms with Gasteiger partial charge >= 0.3 is 5.97 Å². The molecule has 0 fully saturated rings. The van der Waals surface area contributed by atoms with Crippen LogP contribution in [0.15, 0.2) is 29.7 Å². The molecule has 0 saturated heterocycles. The summed E-state index contributed by atoms with van der Waals surface area (Å²) in [6.45, 7) is 4.75. The van der Waals surface area contributed by atoms with Crippen molar-refractivity contribution in [3.05, 3.63) is 41.7 Å². The molecule has 0 atom stereocenters. The SMILES string of the molecule is C=CCN(C)S(=O)(=O)c1cc(C(=O)O)cc(F)c1C. The largest absolute Gasteiger partial charge is 0.478 e. The minimum atomic E-state index is -3.95. The van der Waals surface area contributed by atoms with Crippen LogP contribution in [-0.2, 0) is 10.0 Å². The van der Waals surface area contributed by atoms with E-state index in [0.717, 1.165) is 16.4 Å². The molecule has 0 unspecified atom stereocenters. The molecule has 1 aromatic rings. The standard InChI is InChI=1S/C12H14FNO4S/c1-4-5-14(3)19(17,18)11-7-9(12(15)16)6-10(13)8(11)2/h4,6-7H,1,5H2,2-3H3,(H,15,16). The molecule has 7 heteroatoms. The third kappa shape index (κ3) is 2.99. The maximum atomic E-state index is 13.6. The summed E-state index contributed by atoms with van der Waals surface area (Å²) in [5.41, 5.74) is -0.519. The van der Waals surface area contributed by atoms with E-state index in [0.29, 0.717) is 0 Å². The quantitative estimate of drug-likeness (QED) is 0.835. The molecule has 0 aliphatic carbocycles. The number of benzene rings is 1. The van der Waals surface area contributed by atoms with Gasteiger partial charge in [-0.05, 0) is 19.1 Å². The van der Waals surface area contributed by atoms with E-state index in [-0.39, 0.29) is 17.0 Å². The summed E-state index contributed by atoms with van der Waals surface area (Å²) in [4.78, 5) is 10.5. The highest BCUT2D eigenvalue weighted by Crippen LogP contribution is 2.23. The second kappa shape index (κ2) is 5.50. The minimum Gasteiger partial charge on any atom is -0.478 e. The number of nitrogens with zero attached hydrogens (tertiary/aromatic N) is 1. The molecule has 0 amide bonds. The van der Waals surface area contributed by atoms with Gasteiger partial charge in [0.25, 0.3) is 0 Å². The average molecular weight is 287 g/mol. The highest BCUT2D eigenvalue weighted by Gasteiger charge is 2.25. The number of aromatic carboxylic acids is 1. The molecule has 0 spiro atoms. The van der Waals surface area contributed by atoms with Crippen molar-refractivity contribution in [3.8, 4) is 0 Å². The summed E-state index contributed by atoms with van der Waals surface area (Å²) in [6, 6.07) is 1.75. The first-order valence-electron chi connectivity index (χ1n) is 5.32. The van der Waals surface area contributed by atoms with Gasteiger partial charge in [-0.25, -0.2) is 17.6 Å². The first-order valence-corrected chi connectivity index (χ1v) is 6.76. The van der Waals surface area contributed by atoms with Crippen molar-refractivity contribution in [3.63, 3.8) is 0 Å². The van der Waals surface area contributed by atoms with E-state index in [2.05, 4.69) is 6.58 Å². The number of carboxylic acids is 1. The number of hydrogen-bond donors (Lipinski definition) is 1. The molecule has 5 nitrogen and oxygen atoms in total. The number of likely N-dealkylation sites (N-methyl/N-ethyl adjacent to an activating group) is 1. The fourth-order valence-corrected chi connectivity index (χ4v) is 2.89. The normalized spacial score (nSPS) is 11.6. The van der Waals surface area contributed by atoms with E-state index >= 15 is 0 Å². The lowest BCUT2D eigenvalue weighted by atomic mass is 10.1. The minimum absolute atomic E-state index is 0.0424. The number of sulfonamides is 1. The zero-order chi connectivity index (χ0) is 14.8. The maximum Gasteiger partial charge on any atom is 0.335 e. The Labute approximate surface area is 111 Å². The first kappa shape index (κ1) is 15.3. The predicted octanol–water partition coefficient (Wildman–Crippen LogP) is 1.64. The summed E-state index contributed by atoms with van der Waals surface area (Å²) in [6.07, 6.45) is 1.38. The van der Waals surface area contributed by atoms with Crippen LogP contribution in [-0.4, -0.2) is 37.4 Å². The van der Waals surface area contributed by atoms with Crippen molar-refractivity contribution in [2.24, 2.45) is 0 Å². The van der Waals surface area contributed by atoms with Crippen LogP contribution in [0.2, 0.25) is 0 Å². The van der Waals surface area contributed by atoms with Crippen molar-refractivity contribution in [1.29, 1.82) is 0 Å². The Bertz CT molecular complexity index is 625. The van der Waals surface area contributed by atoms with Gasteiger partial charge in [0.05, 0.1) is 10.5 Å². The zero-order valence-corrected chi connectivity index (χ0v) is 11.4. The van der Waals surface area contributed by atoms with Crippen LogP contribution in [0.25, 0.3) is 0 Å². The summed E-state index contributed by atoms with van der Waals surface area (Å²) < 4.78 is 39.0. The average Bonchev–Trinajstić information content (AvgIpc) is 2.32. The first-order chi connectivity index (χ1) is 8.71. The Kier molecular flexibility index (Phi) is 4.43. The molecule has 1 rings (SSSR count). The summed E-state index contributed by atoms with van der Waals surface area (Å²) in [5.74, 6) is -2.26. The summed E-state index contributed by atoms with van der Waals surface area (Å²) >= 11 is 0. The topological polar surface area (TPSA) is 74.7 Å². The zero-order valence-electron chi connectivity index (χ0n) is 10.6. The van der Waals surface area contributed by atoms with Gasteiger partial charge in [-0.15, -0.1) is 6.58 Å². The second-order valence-electron chi connectivity index (χ2n) is 3.96. The molecule has 0 bridgehead atoms. The molecule has 104 valence electrons. The van der Waals surface area contributed by atoms with Crippen LogP contribution >= 0.6 is 0 Å². The highest BCUT2D eigenvalue weighted by molar-refractivity contribution is 7.89. The van der Waals surface area contributed by atoms with Crippen molar-refractivity contribution in [1.82, 2.24) is 4.31 Å². The van der Waals surface area contributed by atoms with Gasteiger partial charge in [-0.2, -0.15) is 4.31 Å². The van der Waals surface area contributed by atoms with E-state index in [1.54, 1.807) is 0 Å². The monoisotopic (exact) mass is 287 g/mol. The maximum absolute atomic E-state index is 13.6. The van der Waals surface area contributed by atoms with Crippen molar-refractivity contribution >= 4 is 16.0 Å². The van der Waals surface area contributed by atoms with Gasteiger partial charge in [-0.1, -0.05) is 6.08 Å². The molecule has 0 radical (unpaired) electrons. The Morgan fingerprint density at radius 3 is 2.58 bits per heavy atom. The Morgan fingerprint density at radius 2 is 2.11 bits per heavy atom. The van der Waals surface area contributed by atoms with Crippen molar-refractivity contribution in [2.45, 2.75) is 11.8 Å². The van der Waals surface area contributed by atoms with Crippen LogP contribution in [0.4, 0.5) is 4.39 Å². The van der Waals surface area contributed by atoms with E-state index in [1.165, 1.54) is 20.0 Å². The van der Waals surface area contributed by atoms with E-state index in [9.17, 15) is 17.6 Å². The van der Waals surface area contributed by atoms with Crippen LogP contribution in [0, 0.1) is 12.7 Å². The Hall–Kier alpha value is -1.73. The van der Waals surface area contributed by atoms with Gasteiger partial charge < -0.3 is 5.11 Å². The van der Waals surface area contributed by atoms with Crippen LogP contribution in [0.1, 0.15) is 15.9 Å². The predicted molar refractivity (Wildman–Crippen MR) is 68.1 cm³/mol. The van der Waals surface area contributed by atoms with Gasteiger partial charge in [0.2, 0.25) is 10.0 Å². The molecular formula is C12H14FNO4S. The molecule has 1 N–H and O–H groups in total. The number of rotatable bonds is 5. The Balaban J connectivity index is 3.49. The molecule has 0 saturated carbocycles. The van der Waals surface area contributed by atoms with Gasteiger partial charge in [0.1, 0.15) is 5.82 Å². The van der Waals surface area contributed by atoms with Crippen molar-refractivity contribution in [2.75, 3.05) is 13.6 Å². The summed E-state index contributed by atoms with van der Waals surface area (Å²) in [7, 11) is -2.64. The Morgan fingerprint density at radius 1 is 1.53 bits per heavy atom. The third-order valence-electron chi connectivity index (χ3n) is 2.62. The van der Waals surface area contributed by atoms with E-state index in [1.807, 2.05) is 0 Å². The highest BCUT2D eigenvalue weighted by atomic mass is 32.2. The van der Waals surface area contributed by atoms with Crippen LogP contribution < -0.4 is 0 Å². The lowest BCUT2D eigenvalue weighted by Gasteiger charge is -2.17. The number of carbonyl (C=O) groups is 1. The van der Waals surface area contributed by atoms with Gasteiger partial charge in [0.15, 0.2) is 0 Å². The van der Waals surface area contributed by atoms with Crippen LogP contribution in [0.5, 0.6) is 0 Å².